The molecular weight excluding hydrogens is 404 g/mol. The van der Waals surface area contributed by atoms with Crippen LogP contribution in [0.4, 0.5) is 10.5 Å². The molecule has 2 amide bonds. The number of urea groups is 1. The van der Waals surface area contributed by atoms with Crippen molar-refractivity contribution in [3.63, 3.8) is 0 Å². The van der Waals surface area contributed by atoms with Gasteiger partial charge < -0.3 is 20.3 Å². The van der Waals surface area contributed by atoms with Gasteiger partial charge in [-0.2, -0.15) is 0 Å². The molecule has 0 aromatic heterocycles. The Morgan fingerprint density at radius 3 is 2.41 bits per heavy atom. The number of nitrogens with one attached hydrogen (secondary N) is 2. The minimum absolute atomic E-state index is 0.309. The molecule has 7 nitrogen and oxygen atoms in total. The summed E-state index contributed by atoms with van der Waals surface area (Å²) in [6, 6.07) is 15.5. The maximum absolute atomic E-state index is 12.7. The number of piperazine rings is 1. The molecule has 0 aliphatic carbocycles. The lowest BCUT2D eigenvalue weighted by atomic mass is 9.94. The van der Waals surface area contributed by atoms with Gasteiger partial charge in [0.05, 0.1) is 18.7 Å². The lowest BCUT2D eigenvalue weighted by Crippen LogP contribution is -2.51. The fourth-order valence-corrected chi connectivity index (χ4v) is 4.32. The number of methoxy groups -OCH3 is 1. The first kappa shape index (κ1) is 21.9. The monoisotopic (exact) mass is 434 g/mol. The maximum atomic E-state index is 12.7. The van der Waals surface area contributed by atoms with Crippen molar-refractivity contribution >= 4 is 17.7 Å². The third kappa shape index (κ3) is 4.78. The average Bonchev–Trinajstić information content (AvgIpc) is 2.79. The first-order chi connectivity index (χ1) is 15.4. The average molecular weight is 435 g/mol. The van der Waals surface area contributed by atoms with Crippen LogP contribution in [-0.4, -0.2) is 56.7 Å². The number of carbonyl (C=O) groups excluding carboxylic acids is 2. The summed E-state index contributed by atoms with van der Waals surface area (Å²) >= 11 is 0. The van der Waals surface area contributed by atoms with Gasteiger partial charge in [0, 0.05) is 44.1 Å². The number of ether oxygens (including phenoxy) is 1. The Morgan fingerprint density at radius 2 is 1.75 bits per heavy atom. The summed E-state index contributed by atoms with van der Waals surface area (Å²) in [6.07, 6.45) is 0. The Hall–Kier alpha value is -3.32. The van der Waals surface area contributed by atoms with E-state index in [1.807, 2.05) is 31.2 Å². The van der Waals surface area contributed by atoms with Crippen LogP contribution in [0.2, 0.25) is 0 Å². The topological polar surface area (TPSA) is 73.9 Å². The van der Waals surface area contributed by atoms with E-state index < -0.39 is 12.0 Å². The Kier molecular flexibility index (Phi) is 6.46. The second-order valence-electron chi connectivity index (χ2n) is 8.43. The first-order valence-electron chi connectivity index (χ1n) is 10.9. The van der Waals surface area contributed by atoms with Crippen LogP contribution in [0.25, 0.3) is 0 Å². The van der Waals surface area contributed by atoms with E-state index in [1.54, 1.807) is 0 Å². The summed E-state index contributed by atoms with van der Waals surface area (Å²) in [6.45, 7) is 8.04. The van der Waals surface area contributed by atoms with Crippen LogP contribution in [0.15, 0.2) is 59.8 Å². The van der Waals surface area contributed by atoms with E-state index in [0.717, 1.165) is 37.3 Å². The molecule has 0 saturated carbocycles. The zero-order chi connectivity index (χ0) is 22.7. The zero-order valence-electron chi connectivity index (χ0n) is 18.9. The standard InChI is InChI=1S/C25H30N4O3/c1-17-7-9-19(10-8-17)23-22(24(30)32-3)21(26-25(31)27-23)16-28-11-13-29(14-12-28)20-6-4-5-18(2)15-20/h4-10,15,23H,11-14,16H2,1-3H3,(H2,26,27,31). The molecule has 168 valence electrons. The van der Waals surface area contributed by atoms with Gasteiger partial charge >= 0.3 is 12.0 Å². The number of amides is 2. The highest BCUT2D eigenvalue weighted by molar-refractivity contribution is 5.95. The number of anilines is 1. The van der Waals surface area contributed by atoms with Crippen LogP contribution in [-0.2, 0) is 9.53 Å². The fourth-order valence-electron chi connectivity index (χ4n) is 4.32. The number of hydrogen-bond donors (Lipinski definition) is 2. The van der Waals surface area contributed by atoms with Crippen LogP contribution in [0.5, 0.6) is 0 Å². The molecule has 32 heavy (non-hydrogen) atoms. The van der Waals surface area contributed by atoms with Crippen LogP contribution >= 0.6 is 0 Å². The van der Waals surface area contributed by atoms with Crippen LogP contribution in [0.3, 0.4) is 0 Å². The maximum Gasteiger partial charge on any atom is 0.338 e. The second-order valence-corrected chi connectivity index (χ2v) is 8.43. The molecule has 2 aromatic rings. The lowest BCUT2D eigenvalue weighted by molar-refractivity contribution is -0.136. The van der Waals surface area contributed by atoms with Gasteiger partial charge in [-0.3, -0.25) is 4.90 Å². The normalized spacial score (nSPS) is 19.4. The molecule has 0 radical (unpaired) electrons. The van der Waals surface area contributed by atoms with Crippen molar-refractivity contribution in [3.8, 4) is 0 Å². The van der Waals surface area contributed by atoms with Crippen LogP contribution < -0.4 is 15.5 Å². The number of esters is 1. The number of nitrogens with zero attached hydrogens (tertiary/aromatic N) is 2. The molecule has 0 bridgehead atoms. The second kappa shape index (κ2) is 9.44. The molecule has 1 atom stereocenters. The van der Waals surface area contributed by atoms with E-state index in [4.69, 9.17) is 4.74 Å². The number of aryl methyl sites for hydroxylation is 2. The number of hydrogen-bond acceptors (Lipinski definition) is 5. The predicted molar refractivity (Wildman–Crippen MR) is 124 cm³/mol. The van der Waals surface area contributed by atoms with E-state index in [-0.39, 0.29) is 6.03 Å². The minimum Gasteiger partial charge on any atom is -0.466 e. The summed E-state index contributed by atoms with van der Waals surface area (Å²) < 4.78 is 5.09. The quantitative estimate of drug-likeness (QED) is 0.708. The SMILES string of the molecule is COC(=O)C1=C(CN2CCN(c3cccc(C)c3)CC2)NC(=O)NC1c1ccc(C)cc1. The van der Waals surface area contributed by atoms with Gasteiger partial charge in [0.15, 0.2) is 0 Å². The highest BCUT2D eigenvalue weighted by Gasteiger charge is 2.34. The zero-order valence-corrected chi connectivity index (χ0v) is 18.9. The Bertz CT molecular complexity index is 1020. The summed E-state index contributed by atoms with van der Waals surface area (Å²) in [5, 5.41) is 5.75. The van der Waals surface area contributed by atoms with E-state index in [1.165, 1.54) is 18.4 Å². The van der Waals surface area contributed by atoms with Gasteiger partial charge in [0.2, 0.25) is 0 Å². The molecular formula is C25H30N4O3. The van der Waals surface area contributed by atoms with E-state index >= 15 is 0 Å². The van der Waals surface area contributed by atoms with Crippen LogP contribution in [0, 0.1) is 13.8 Å². The number of benzene rings is 2. The minimum atomic E-state index is -0.541. The number of rotatable bonds is 5. The lowest BCUT2D eigenvalue weighted by Gasteiger charge is -2.38. The molecule has 1 fully saturated rings. The largest absolute Gasteiger partial charge is 0.466 e. The van der Waals surface area contributed by atoms with Crippen molar-refractivity contribution in [3.05, 3.63) is 76.5 Å². The van der Waals surface area contributed by atoms with E-state index in [2.05, 4.69) is 51.6 Å². The number of carbonyl (C=O) groups is 2. The highest BCUT2D eigenvalue weighted by Crippen LogP contribution is 2.28. The first-order valence-corrected chi connectivity index (χ1v) is 10.9. The van der Waals surface area contributed by atoms with Gasteiger partial charge in [-0.05, 0) is 37.1 Å². The molecule has 1 unspecified atom stereocenters. The molecule has 2 aliphatic heterocycles. The fraction of sp³-hybridized carbons (Fsp3) is 0.360. The predicted octanol–water partition coefficient (Wildman–Crippen LogP) is 2.91. The highest BCUT2D eigenvalue weighted by atomic mass is 16.5. The van der Waals surface area contributed by atoms with Crippen molar-refractivity contribution in [1.29, 1.82) is 0 Å². The Morgan fingerprint density at radius 1 is 1.03 bits per heavy atom. The molecule has 0 spiro atoms. The van der Waals surface area contributed by atoms with Crippen LogP contribution in [0.1, 0.15) is 22.7 Å². The summed E-state index contributed by atoms with van der Waals surface area (Å²) in [7, 11) is 1.37. The van der Waals surface area contributed by atoms with Crippen molar-refractivity contribution in [2.75, 3.05) is 44.7 Å². The van der Waals surface area contributed by atoms with Crippen molar-refractivity contribution in [2.24, 2.45) is 0 Å². The van der Waals surface area contributed by atoms with Crippen molar-refractivity contribution in [1.82, 2.24) is 15.5 Å². The van der Waals surface area contributed by atoms with Gasteiger partial charge in [-0.1, -0.05) is 42.0 Å². The van der Waals surface area contributed by atoms with Gasteiger partial charge in [0.25, 0.3) is 0 Å². The van der Waals surface area contributed by atoms with E-state index in [9.17, 15) is 9.59 Å². The summed E-state index contributed by atoms with van der Waals surface area (Å²) in [5.74, 6) is -0.434. The third-order valence-corrected chi connectivity index (χ3v) is 6.09. The summed E-state index contributed by atoms with van der Waals surface area (Å²) in [4.78, 5) is 29.8. The molecule has 4 rings (SSSR count). The van der Waals surface area contributed by atoms with Gasteiger partial charge in [-0.15, -0.1) is 0 Å². The molecule has 2 N–H and O–H groups in total. The van der Waals surface area contributed by atoms with Crippen molar-refractivity contribution < 1.29 is 14.3 Å². The summed E-state index contributed by atoms with van der Waals surface area (Å²) in [5.41, 5.74) is 5.51. The molecule has 2 heterocycles. The molecule has 1 saturated heterocycles. The Labute approximate surface area is 189 Å². The van der Waals surface area contributed by atoms with Crippen molar-refractivity contribution in [2.45, 2.75) is 19.9 Å². The molecule has 7 heteroatoms. The molecule has 2 aliphatic rings. The Balaban J connectivity index is 1.54. The smallest absolute Gasteiger partial charge is 0.338 e. The van der Waals surface area contributed by atoms with Gasteiger partial charge in [-0.25, -0.2) is 9.59 Å². The van der Waals surface area contributed by atoms with Gasteiger partial charge in [0.1, 0.15) is 0 Å². The molecule has 2 aromatic carbocycles. The third-order valence-electron chi connectivity index (χ3n) is 6.09. The van der Waals surface area contributed by atoms with E-state index in [0.29, 0.717) is 17.8 Å².